The second-order valence-corrected chi connectivity index (χ2v) is 18.4. The van der Waals surface area contributed by atoms with Crippen molar-refractivity contribution in [1.82, 2.24) is 30.2 Å². The molecule has 11 N–H and O–H groups in total. The molecule has 0 spiro atoms. The number of phosphoric acid groups is 3. The number of aldehydes is 1. The number of nitrogens with zero attached hydrogens (tertiary/aromatic N) is 4. The minimum Gasteiger partial charge on any atom is -0.396 e. The highest BCUT2D eigenvalue weighted by Gasteiger charge is 2.50. The molecule has 1 aliphatic rings. The number of unbranched alkanes of at least 4 members (excludes halogenated alkanes) is 2. The molecule has 336 valence electrons. The minimum atomic E-state index is -5.56. The number of carbonyl (C=O) groups is 4. The number of thioether (sulfide) groups is 1. The summed E-state index contributed by atoms with van der Waals surface area (Å²) in [4.78, 5) is 96.0. The van der Waals surface area contributed by atoms with Crippen LogP contribution in [0.3, 0.4) is 0 Å². The number of nitrogen functional groups attached to an aromatic ring is 1. The van der Waals surface area contributed by atoms with Gasteiger partial charge in [0.15, 0.2) is 22.8 Å². The maximum atomic E-state index is 12.6. The highest BCUT2D eigenvalue weighted by molar-refractivity contribution is 8.13. The average molecular weight is 926 g/mol. The van der Waals surface area contributed by atoms with Gasteiger partial charge in [0.25, 0.3) is 0 Å². The molecular weight excluding hydrogens is 875 g/mol. The molecule has 2 amide bonds. The number of fused-ring (bicyclic) bond motifs is 1. The van der Waals surface area contributed by atoms with E-state index in [4.69, 9.17) is 24.6 Å². The SMILES string of the molecule is CCC(=O)SCCNC(=O)CCNC(=O)[C@H](O)C(C)(C)COP(=O)(O)OP(=O)(O)OC[C@H]1O[C@@H](n2cnc3c(N)ncnc32)[C@H](O)[C@@H]1OP(=O)(O)O.O=CCCCCO. The third kappa shape index (κ3) is 18.0. The van der Waals surface area contributed by atoms with Gasteiger partial charge in [-0.05, 0) is 12.8 Å². The van der Waals surface area contributed by atoms with E-state index in [1.165, 1.54) is 13.8 Å². The summed E-state index contributed by atoms with van der Waals surface area (Å²) in [6.45, 7) is 2.44. The third-order valence-electron chi connectivity index (χ3n) is 7.78. The molecule has 1 aliphatic heterocycles. The van der Waals surface area contributed by atoms with Gasteiger partial charge in [0.05, 0.1) is 19.5 Å². The first-order valence-corrected chi connectivity index (χ1v) is 23.1. The van der Waals surface area contributed by atoms with E-state index in [0.717, 1.165) is 48.1 Å². The van der Waals surface area contributed by atoms with E-state index in [1.807, 2.05) is 0 Å². The van der Waals surface area contributed by atoms with Gasteiger partial charge in [-0.2, -0.15) is 4.31 Å². The Balaban J connectivity index is 0.00000157. The fourth-order valence-electron chi connectivity index (χ4n) is 4.74. The molecule has 2 unspecified atom stereocenters. The highest BCUT2D eigenvalue weighted by Crippen LogP contribution is 2.61. The number of carbonyl (C=O) groups excluding carboxylic acids is 4. The molecule has 1 fully saturated rings. The van der Waals surface area contributed by atoms with Crippen molar-refractivity contribution >= 4 is 75.4 Å². The Kier molecular flexibility index (Phi) is 21.3. The van der Waals surface area contributed by atoms with Crippen molar-refractivity contribution in [2.75, 3.05) is 44.4 Å². The van der Waals surface area contributed by atoms with Crippen LogP contribution in [0.15, 0.2) is 12.7 Å². The summed E-state index contributed by atoms with van der Waals surface area (Å²) < 4.78 is 61.9. The normalized spacial score (nSPS) is 20.8. The third-order valence-corrected chi connectivity index (χ3v) is 11.9. The predicted octanol–water partition coefficient (Wildman–Crippen LogP) is -0.577. The van der Waals surface area contributed by atoms with Gasteiger partial charge in [-0.3, -0.25) is 32.5 Å². The van der Waals surface area contributed by atoms with Crippen LogP contribution in [0.5, 0.6) is 0 Å². The number of ether oxygens (including phenoxy) is 1. The quantitative estimate of drug-likeness (QED) is 0.0358. The molecule has 7 atom stereocenters. The van der Waals surface area contributed by atoms with E-state index in [0.29, 0.717) is 18.6 Å². The summed E-state index contributed by atoms with van der Waals surface area (Å²) in [5.41, 5.74) is 4.26. The van der Waals surface area contributed by atoms with Crippen molar-refractivity contribution in [3.05, 3.63) is 12.7 Å². The Morgan fingerprint density at radius 3 is 2.37 bits per heavy atom. The van der Waals surface area contributed by atoms with Crippen molar-refractivity contribution in [3.63, 3.8) is 0 Å². The van der Waals surface area contributed by atoms with Gasteiger partial charge < -0.3 is 60.8 Å². The van der Waals surface area contributed by atoms with Gasteiger partial charge >= 0.3 is 23.5 Å². The summed E-state index contributed by atoms with van der Waals surface area (Å²) in [5.74, 6) is -1.07. The number of imidazole rings is 1. The maximum absolute atomic E-state index is 12.6. The van der Waals surface area contributed by atoms with Crippen LogP contribution < -0.4 is 16.4 Å². The molecule has 3 heterocycles. The first kappa shape index (κ1) is 52.3. The first-order chi connectivity index (χ1) is 27.5. The number of rotatable bonds is 24. The van der Waals surface area contributed by atoms with Gasteiger partial charge in [-0.25, -0.2) is 28.6 Å². The molecule has 0 aliphatic carbocycles. The van der Waals surface area contributed by atoms with E-state index >= 15 is 0 Å². The lowest BCUT2D eigenvalue weighted by atomic mass is 9.87. The fraction of sp³-hybridized carbons (Fsp3) is 0.690. The van der Waals surface area contributed by atoms with Gasteiger partial charge in [0.2, 0.25) is 11.8 Å². The molecule has 1 saturated heterocycles. The Labute approximate surface area is 341 Å². The topological polar surface area (TPSA) is 401 Å². The minimum absolute atomic E-state index is 0.0221. The number of hydrogen-bond donors (Lipinski definition) is 10. The number of aromatic nitrogens is 4. The molecular formula is C29H50N7O19P3S. The van der Waals surface area contributed by atoms with Crippen molar-refractivity contribution in [2.24, 2.45) is 5.41 Å². The van der Waals surface area contributed by atoms with Gasteiger partial charge in [-0.1, -0.05) is 32.5 Å². The molecule has 0 radical (unpaired) electrons. The van der Waals surface area contributed by atoms with Crippen molar-refractivity contribution < 1.29 is 90.4 Å². The molecule has 30 heteroatoms. The number of anilines is 1. The van der Waals surface area contributed by atoms with Crippen molar-refractivity contribution in [2.45, 2.75) is 83.5 Å². The molecule has 0 bridgehead atoms. The van der Waals surface area contributed by atoms with Crippen LogP contribution in [0.1, 0.15) is 59.1 Å². The summed E-state index contributed by atoms with van der Waals surface area (Å²) >= 11 is 1.07. The lowest BCUT2D eigenvalue weighted by molar-refractivity contribution is -0.137. The molecule has 0 saturated carbocycles. The van der Waals surface area contributed by atoms with E-state index < -0.39 is 84.6 Å². The first-order valence-electron chi connectivity index (χ1n) is 17.6. The number of phosphoric ester groups is 3. The van der Waals surface area contributed by atoms with E-state index in [1.54, 1.807) is 6.92 Å². The van der Waals surface area contributed by atoms with Crippen LogP contribution in [0.4, 0.5) is 5.82 Å². The molecule has 2 aromatic heterocycles. The number of nitrogens with one attached hydrogen (secondary N) is 2. The summed E-state index contributed by atoms with van der Waals surface area (Å²) in [5, 5.41) is 34.4. The number of aliphatic hydroxyl groups is 3. The standard InChI is InChI=1S/C24H40N7O17P3S.C5H10O2/c1-4-15(33)52-8-7-26-14(32)5-6-27-22(36)19(35)24(2,3)10-45-51(42,43)48-50(40,41)44-9-13-18(47-49(37,38)39)17(34)23(46-13)31-12-30-16-20(25)28-11-29-21(16)31;6-4-2-1-3-5-7/h11-13,17-19,23,34-35H,4-10H2,1-3H3,(H,26,32)(H,27,36)(H,40,41)(H,42,43)(H2,25,28,29)(H2,37,38,39);4,7H,1-3,5H2/t13-,17-,18-,19+,23-;/m1./s1. The van der Waals surface area contributed by atoms with E-state index in [9.17, 15) is 62.7 Å². The van der Waals surface area contributed by atoms with Gasteiger partial charge in [-0.15, -0.1) is 0 Å². The van der Waals surface area contributed by atoms with Crippen molar-refractivity contribution in [3.8, 4) is 0 Å². The van der Waals surface area contributed by atoms with E-state index in [-0.39, 0.29) is 48.2 Å². The highest BCUT2D eigenvalue weighted by atomic mass is 32.2. The van der Waals surface area contributed by atoms with Crippen molar-refractivity contribution in [1.29, 1.82) is 0 Å². The lowest BCUT2D eigenvalue weighted by Gasteiger charge is -2.30. The molecule has 59 heavy (non-hydrogen) atoms. The predicted molar refractivity (Wildman–Crippen MR) is 204 cm³/mol. The average Bonchev–Trinajstić information content (AvgIpc) is 3.71. The lowest BCUT2D eigenvalue weighted by Crippen LogP contribution is -2.46. The number of amides is 2. The molecule has 26 nitrogen and oxygen atoms in total. The Morgan fingerprint density at radius 1 is 1.07 bits per heavy atom. The second kappa shape index (κ2) is 24.0. The monoisotopic (exact) mass is 925 g/mol. The number of aliphatic hydroxyl groups excluding tert-OH is 3. The van der Waals surface area contributed by atoms with Crippen LogP contribution in [0, 0.1) is 5.41 Å². The summed E-state index contributed by atoms with van der Waals surface area (Å²) in [6.07, 6.45) is -3.49. The fourth-order valence-corrected chi connectivity index (χ4v) is 8.20. The molecule has 2 aromatic rings. The maximum Gasteiger partial charge on any atom is 0.481 e. The van der Waals surface area contributed by atoms with Crippen LogP contribution in [-0.2, 0) is 55.5 Å². The zero-order valence-electron chi connectivity index (χ0n) is 32.0. The van der Waals surface area contributed by atoms with E-state index in [2.05, 4.69) is 34.4 Å². The summed E-state index contributed by atoms with van der Waals surface area (Å²) in [6, 6.07) is 0. The van der Waals surface area contributed by atoms with Crippen LogP contribution in [0.2, 0.25) is 0 Å². The smallest absolute Gasteiger partial charge is 0.396 e. The van der Waals surface area contributed by atoms with Gasteiger partial charge in [0, 0.05) is 50.1 Å². The van der Waals surface area contributed by atoms with Crippen LogP contribution in [0.25, 0.3) is 11.2 Å². The zero-order chi connectivity index (χ0) is 44.6. The second-order valence-electron chi connectivity index (χ2n) is 13.0. The van der Waals surface area contributed by atoms with Crippen LogP contribution >= 0.6 is 35.2 Å². The summed E-state index contributed by atoms with van der Waals surface area (Å²) in [7, 11) is -16.4. The number of nitrogens with two attached hydrogens (primary N) is 1. The Hall–Kier alpha value is -2.81. The zero-order valence-corrected chi connectivity index (χ0v) is 35.5. The molecule has 0 aromatic carbocycles. The van der Waals surface area contributed by atoms with Gasteiger partial charge in [0.1, 0.15) is 42.5 Å². The number of hydrogen-bond acceptors (Lipinski definition) is 20. The van der Waals surface area contributed by atoms with Crippen LogP contribution in [-0.4, -0.2) is 141 Å². The Bertz CT molecular complexity index is 1850. The molecule has 3 rings (SSSR count). The Morgan fingerprint density at radius 2 is 1.75 bits per heavy atom. The largest absolute Gasteiger partial charge is 0.481 e.